The van der Waals surface area contributed by atoms with Gasteiger partial charge in [-0.3, -0.25) is 4.79 Å². The molecule has 0 saturated carbocycles. The van der Waals surface area contributed by atoms with Crippen molar-refractivity contribution in [3.8, 4) is 0 Å². The van der Waals surface area contributed by atoms with Crippen LogP contribution in [0.2, 0.25) is 0 Å². The van der Waals surface area contributed by atoms with Crippen LogP contribution in [0.1, 0.15) is 24.0 Å². The van der Waals surface area contributed by atoms with E-state index in [9.17, 15) is 4.79 Å². The van der Waals surface area contributed by atoms with Gasteiger partial charge in [-0.1, -0.05) is 29.4 Å². The Morgan fingerprint density at radius 2 is 2.32 bits per heavy atom. The number of rotatable bonds is 4. The van der Waals surface area contributed by atoms with Crippen LogP contribution in [0.5, 0.6) is 0 Å². The minimum Gasteiger partial charge on any atom is -0.409 e. The number of nitrogens with two attached hydrogens (primary N) is 1. The largest absolute Gasteiger partial charge is 0.409 e. The summed E-state index contributed by atoms with van der Waals surface area (Å²) in [5.74, 6) is 0.212. The molecule has 0 aromatic heterocycles. The fourth-order valence-electron chi connectivity index (χ4n) is 2.14. The SMILES string of the molecule is NC(=NO)c1ccccc1CNC1CCC(=O)NC1. The predicted molar refractivity (Wildman–Crippen MR) is 71.8 cm³/mol. The highest BCUT2D eigenvalue weighted by Crippen LogP contribution is 2.10. The molecule has 1 atom stereocenters. The smallest absolute Gasteiger partial charge is 0.220 e. The summed E-state index contributed by atoms with van der Waals surface area (Å²) >= 11 is 0. The second-order valence-corrected chi connectivity index (χ2v) is 4.56. The fraction of sp³-hybridized carbons (Fsp3) is 0.385. The second-order valence-electron chi connectivity index (χ2n) is 4.56. The van der Waals surface area contributed by atoms with E-state index in [4.69, 9.17) is 10.9 Å². The molecule has 1 saturated heterocycles. The molecule has 0 radical (unpaired) electrons. The molecule has 2 rings (SSSR count). The Bertz CT molecular complexity index is 477. The van der Waals surface area contributed by atoms with Crippen molar-refractivity contribution in [2.45, 2.75) is 25.4 Å². The lowest BCUT2D eigenvalue weighted by Crippen LogP contribution is -2.45. The Hall–Kier alpha value is -2.08. The number of nitrogens with zero attached hydrogens (tertiary/aromatic N) is 1. The Morgan fingerprint density at radius 1 is 1.53 bits per heavy atom. The molecule has 1 fully saturated rings. The van der Waals surface area contributed by atoms with E-state index in [0.717, 1.165) is 17.5 Å². The number of carbonyl (C=O) groups excluding carboxylic acids is 1. The van der Waals surface area contributed by atoms with Gasteiger partial charge in [-0.25, -0.2) is 0 Å². The van der Waals surface area contributed by atoms with Gasteiger partial charge in [0.05, 0.1) is 0 Å². The van der Waals surface area contributed by atoms with E-state index < -0.39 is 0 Å². The molecule has 6 nitrogen and oxygen atoms in total. The Kier molecular flexibility index (Phi) is 4.35. The summed E-state index contributed by atoms with van der Waals surface area (Å²) in [6, 6.07) is 7.76. The first-order valence-corrected chi connectivity index (χ1v) is 6.26. The van der Waals surface area contributed by atoms with Gasteiger partial charge in [0.1, 0.15) is 0 Å². The van der Waals surface area contributed by atoms with Gasteiger partial charge in [0.2, 0.25) is 5.91 Å². The molecule has 1 heterocycles. The minimum atomic E-state index is 0.106. The van der Waals surface area contributed by atoms with Crippen molar-refractivity contribution in [3.63, 3.8) is 0 Å². The van der Waals surface area contributed by atoms with Gasteiger partial charge in [0, 0.05) is 31.1 Å². The maximum Gasteiger partial charge on any atom is 0.220 e. The minimum absolute atomic E-state index is 0.106. The lowest BCUT2D eigenvalue weighted by molar-refractivity contribution is -0.122. The molecule has 0 bridgehead atoms. The van der Waals surface area contributed by atoms with Crippen LogP contribution in [0.4, 0.5) is 0 Å². The van der Waals surface area contributed by atoms with Crippen LogP contribution in [0, 0.1) is 0 Å². The summed E-state index contributed by atoms with van der Waals surface area (Å²) in [6.45, 7) is 1.26. The molecule has 1 unspecified atom stereocenters. The van der Waals surface area contributed by atoms with Crippen LogP contribution < -0.4 is 16.4 Å². The molecule has 19 heavy (non-hydrogen) atoms. The second kappa shape index (κ2) is 6.19. The number of hydrogen-bond donors (Lipinski definition) is 4. The fourth-order valence-corrected chi connectivity index (χ4v) is 2.14. The number of piperidine rings is 1. The molecule has 1 amide bonds. The van der Waals surface area contributed by atoms with Gasteiger partial charge in [0.25, 0.3) is 0 Å². The maximum atomic E-state index is 11.1. The quantitative estimate of drug-likeness (QED) is 0.268. The third-order valence-corrected chi connectivity index (χ3v) is 3.25. The molecule has 1 aliphatic rings. The van der Waals surface area contributed by atoms with Crippen LogP contribution in [0.15, 0.2) is 29.4 Å². The predicted octanol–water partition coefficient (Wildman–Crippen LogP) is 0.149. The molecule has 6 heteroatoms. The Labute approximate surface area is 111 Å². The molecule has 0 spiro atoms. The van der Waals surface area contributed by atoms with E-state index in [0.29, 0.717) is 19.5 Å². The molecule has 1 aromatic rings. The summed E-state index contributed by atoms with van der Waals surface area (Å²) in [5, 5.41) is 18.0. The number of benzene rings is 1. The summed E-state index contributed by atoms with van der Waals surface area (Å²) in [4.78, 5) is 11.1. The highest BCUT2D eigenvalue weighted by atomic mass is 16.4. The van der Waals surface area contributed by atoms with Gasteiger partial charge < -0.3 is 21.6 Å². The van der Waals surface area contributed by atoms with E-state index in [-0.39, 0.29) is 17.8 Å². The van der Waals surface area contributed by atoms with Gasteiger partial charge >= 0.3 is 0 Å². The highest BCUT2D eigenvalue weighted by Gasteiger charge is 2.17. The number of carbonyl (C=O) groups is 1. The van der Waals surface area contributed by atoms with E-state index >= 15 is 0 Å². The molecule has 5 N–H and O–H groups in total. The first-order chi connectivity index (χ1) is 9.20. The molecule has 0 aliphatic carbocycles. The standard InChI is InChI=1S/C13H18N4O2/c14-13(17-19)11-4-2-1-3-9(11)7-15-10-5-6-12(18)16-8-10/h1-4,10,15,19H,5-8H2,(H2,14,17)(H,16,18). The van der Waals surface area contributed by atoms with Crippen LogP contribution in [0.3, 0.4) is 0 Å². The van der Waals surface area contributed by atoms with E-state index in [1.54, 1.807) is 0 Å². The van der Waals surface area contributed by atoms with E-state index in [1.807, 2.05) is 24.3 Å². The van der Waals surface area contributed by atoms with Crippen molar-refractivity contribution in [1.82, 2.24) is 10.6 Å². The van der Waals surface area contributed by atoms with Crippen LogP contribution in [-0.2, 0) is 11.3 Å². The average molecular weight is 262 g/mol. The van der Waals surface area contributed by atoms with Crippen molar-refractivity contribution < 1.29 is 10.0 Å². The topological polar surface area (TPSA) is 99.7 Å². The van der Waals surface area contributed by atoms with Gasteiger partial charge in [-0.05, 0) is 12.0 Å². The third kappa shape index (κ3) is 3.45. The van der Waals surface area contributed by atoms with Gasteiger partial charge in [-0.15, -0.1) is 0 Å². The lowest BCUT2D eigenvalue weighted by Gasteiger charge is -2.24. The number of amides is 1. The number of hydrogen-bond acceptors (Lipinski definition) is 4. The van der Waals surface area contributed by atoms with Crippen LogP contribution in [0.25, 0.3) is 0 Å². The summed E-state index contributed by atoms with van der Waals surface area (Å²) < 4.78 is 0. The molecule has 102 valence electrons. The molecular formula is C13H18N4O2. The monoisotopic (exact) mass is 262 g/mol. The zero-order chi connectivity index (χ0) is 13.7. The van der Waals surface area contributed by atoms with Crippen molar-refractivity contribution in [2.24, 2.45) is 10.9 Å². The van der Waals surface area contributed by atoms with Crippen LogP contribution >= 0.6 is 0 Å². The van der Waals surface area contributed by atoms with Crippen molar-refractivity contribution in [1.29, 1.82) is 0 Å². The van der Waals surface area contributed by atoms with E-state index in [1.165, 1.54) is 0 Å². The van der Waals surface area contributed by atoms with Gasteiger partial charge in [-0.2, -0.15) is 0 Å². The molecule has 1 aromatic carbocycles. The van der Waals surface area contributed by atoms with Crippen molar-refractivity contribution in [2.75, 3.05) is 6.54 Å². The third-order valence-electron chi connectivity index (χ3n) is 3.25. The first-order valence-electron chi connectivity index (χ1n) is 6.26. The summed E-state index contributed by atoms with van der Waals surface area (Å²) in [5.41, 5.74) is 7.32. The van der Waals surface area contributed by atoms with Gasteiger partial charge in [0.15, 0.2) is 5.84 Å². The summed E-state index contributed by atoms with van der Waals surface area (Å²) in [6.07, 6.45) is 1.39. The van der Waals surface area contributed by atoms with Crippen molar-refractivity contribution >= 4 is 11.7 Å². The lowest BCUT2D eigenvalue weighted by atomic mass is 10.0. The van der Waals surface area contributed by atoms with E-state index in [2.05, 4.69) is 15.8 Å². The Morgan fingerprint density at radius 3 is 3.00 bits per heavy atom. The number of oxime groups is 1. The maximum absolute atomic E-state index is 11.1. The normalized spacial score (nSPS) is 20.1. The summed E-state index contributed by atoms with van der Waals surface area (Å²) in [7, 11) is 0. The Balaban J connectivity index is 1.98. The average Bonchev–Trinajstić information content (AvgIpc) is 2.46. The van der Waals surface area contributed by atoms with Crippen LogP contribution in [-0.4, -0.2) is 29.5 Å². The molecule has 1 aliphatic heterocycles. The highest BCUT2D eigenvalue weighted by molar-refractivity contribution is 5.98. The molecular weight excluding hydrogens is 244 g/mol. The zero-order valence-electron chi connectivity index (χ0n) is 10.6. The van der Waals surface area contributed by atoms with Crippen molar-refractivity contribution in [3.05, 3.63) is 35.4 Å². The zero-order valence-corrected chi connectivity index (χ0v) is 10.6. The number of amidine groups is 1. The number of nitrogens with one attached hydrogen (secondary N) is 2. The first kappa shape index (κ1) is 13.4.